The van der Waals surface area contributed by atoms with Gasteiger partial charge in [-0.05, 0) is 0 Å². The Morgan fingerprint density at radius 2 is 1.25 bits per heavy atom. The van der Waals surface area contributed by atoms with Gasteiger partial charge in [0.25, 0.3) is 0 Å². The van der Waals surface area contributed by atoms with Crippen LogP contribution in [0.25, 0.3) is 0 Å². The second kappa shape index (κ2) is 8.91. The van der Waals surface area contributed by atoms with Crippen LogP contribution in [0.1, 0.15) is 0 Å². The third kappa shape index (κ3) is 8.95. The van der Waals surface area contributed by atoms with E-state index in [0.717, 1.165) is 0 Å². The van der Waals surface area contributed by atoms with Gasteiger partial charge >= 0.3 is 39.7 Å². The first-order valence-corrected chi connectivity index (χ1v) is 6.18. The third-order valence-electron chi connectivity index (χ3n) is 0. The zero-order valence-corrected chi connectivity index (χ0v) is 6.49. The summed E-state index contributed by atoms with van der Waals surface area (Å²) in [6.45, 7) is 0. The fourth-order valence-corrected chi connectivity index (χ4v) is 0. The Labute approximate surface area is 56.2 Å². The molecule has 0 aromatic heterocycles. The summed E-state index contributed by atoms with van der Waals surface area (Å²) in [6, 6.07) is 0. The molecule has 0 aromatic rings. The van der Waals surface area contributed by atoms with Crippen LogP contribution in [-0.2, 0) is 45.4 Å². The molecule has 4 heteroatoms. The molecule has 0 fully saturated rings. The van der Waals surface area contributed by atoms with Crippen LogP contribution in [0.3, 0.4) is 0 Å². The first-order valence-electron chi connectivity index (χ1n) is 0.289. The van der Waals surface area contributed by atoms with Crippen LogP contribution in [0, 0.1) is 0 Å². The van der Waals surface area contributed by atoms with Gasteiger partial charge in [0, 0.05) is 17.1 Å². The molecule has 0 aromatic carbocycles. The van der Waals surface area contributed by atoms with E-state index < -0.39 is 0 Å². The molecule has 0 heterocycles. The van der Waals surface area contributed by atoms with E-state index >= 15 is 0 Å². The summed E-state index contributed by atoms with van der Waals surface area (Å²) in [7, 11) is 0. The topological polar surface area (TPSA) is 0 Å². The van der Waals surface area contributed by atoms with E-state index in [4.69, 9.17) is 0 Å². The average molecular weight is 246 g/mol. The van der Waals surface area contributed by atoms with Crippen LogP contribution < -0.4 is 0 Å². The molecule has 0 aliphatic heterocycles. The first kappa shape index (κ1) is 9.42. The molecule has 0 rings (SSSR count). The van der Waals surface area contributed by atoms with Crippen molar-refractivity contribution in [2.24, 2.45) is 0 Å². The molecule has 0 aliphatic carbocycles. The van der Waals surface area contributed by atoms with Crippen LogP contribution in [0.5, 0.6) is 0 Å². The quantitative estimate of drug-likeness (QED) is 0.511. The van der Waals surface area contributed by atoms with Crippen molar-refractivity contribution >= 4 is 11.3 Å². The molecule has 30 valence electrons. The normalized spacial score (nSPS) is 4.50. The van der Waals surface area contributed by atoms with Crippen LogP contribution in [0.4, 0.5) is 0 Å². The van der Waals surface area contributed by atoms with Crippen molar-refractivity contribution in [1.82, 2.24) is 0 Å². The van der Waals surface area contributed by atoms with Gasteiger partial charge < -0.3 is 0 Å². The van der Waals surface area contributed by atoms with E-state index in [2.05, 4.69) is 28.4 Å². The minimum absolute atomic E-state index is 0. The molecule has 0 spiro atoms. The predicted octanol–water partition coefficient (Wildman–Crippen LogP) is -0.388. The second-order valence-corrected chi connectivity index (χ2v) is 4.51. The molecule has 0 amide bonds. The molecule has 0 saturated heterocycles. The molecule has 4 heavy (non-hydrogen) atoms. The number of hydrogen-bond acceptors (Lipinski definition) is 0. The second-order valence-electron chi connectivity index (χ2n) is 0.0510. The molecular weight excluding hydrogens is 246 g/mol. The van der Waals surface area contributed by atoms with Crippen LogP contribution >= 0.6 is 0 Å². The van der Waals surface area contributed by atoms with Crippen molar-refractivity contribution in [3.05, 3.63) is 0 Å². The maximum atomic E-state index is 3.44. The van der Waals surface area contributed by atoms with Crippen molar-refractivity contribution in [2.75, 3.05) is 0 Å². The Hall–Kier alpha value is 2.08. The Morgan fingerprint density at radius 1 is 1.25 bits per heavy atom. The summed E-state index contributed by atoms with van der Waals surface area (Å²) < 4.78 is 0. The van der Waals surface area contributed by atoms with Gasteiger partial charge in [0.2, 0.25) is 0 Å². The van der Waals surface area contributed by atoms with Crippen LogP contribution in [-0.4, -0.2) is 11.3 Å². The summed E-state index contributed by atoms with van der Waals surface area (Å²) in [6.07, 6.45) is 0. The van der Waals surface area contributed by atoms with Crippen molar-refractivity contribution in [2.45, 2.75) is 0 Å². The van der Waals surface area contributed by atoms with E-state index in [1.54, 1.807) is 0 Å². The van der Waals surface area contributed by atoms with Gasteiger partial charge in [-0.3, -0.25) is 0 Å². The molecule has 0 aliphatic rings. The van der Waals surface area contributed by atoms with Gasteiger partial charge in [0.05, 0.1) is 0 Å². The molecule has 0 radical (unpaired) electrons. The van der Waals surface area contributed by atoms with Crippen molar-refractivity contribution in [3.8, 4) is 0 Å². The van der Waals surface area contributed by atoms with E-state index in [0.29, 0.717) is 11.3 Å². The fraction of sp³-hybridized carbons (Fsp3) is 0. The molecule has 0 nitrogen and oxygen atoms in total. The van der Waals surface area contributed by atoms with Crippen molar-refractivity contribution < 1.29 is 45.4 Å². The standard InChI is InChI=1S/3Fe.Se. The summed E-state index contributed by atoms with van der Waals surface area (Å²) in [5.74, 6) is 0. The van der Waals surface area contributed by atoms with Crippen LogP contribution in [0.15, 0.2) is 0 Å². The zero-order valence-electron chi connectivity index (χ0n) is 1.47. The molecule has 0 N–H and O–H groups in total. The van der Waals surface area contributed by atoms with E-state index in [1.165, 1.54) is 0 Å². The minimum atomic E-state index is 0. The zero-order chi connectivity index (χ0) is 2.71. The monoisotopic (exact) mass is 248 g/mol. The Bertz CT molecular complexity index is 3.25. The maximum absolute atomic E-state index is 3.44. The summed E-state index contributed by atoms with van der Waals surface area (Å²) in [5.41, 5.74) is 0. The van der Waals surface area contributed by atoms with Gasteiger partial charge in [-0.2, -0.15) is 0 Å². The summed E-state index contributed by atoms with van der Waals surface area (Å²) in [5, 5.41) is 0. The Morgan fingerprint density at radius 3 is 1.25 bits per heavy atom. The first-order chi connectivity index (χ1) is 1.41. The number of rotatable bonds is 0. The van der Waals surface area contributed by atoms with Gasteiger partial charge in [-0.15, -0.1) is 0 Å². The average Bonchev–Trinajstić information content (AvgIpc) is 0.918. The summed E-state index contributed by atoms with van der Waals surface area (Å²) >= 11 is 7.25. The predicted molar refractivity (Wildman–Crippen MR) is 5.75 cm³/mol. The van der Waals surface area contributed by atoms with Gasteiger partial charge in [0.1, 0.15) is 0 Å². The number of hydrogen-bond donors (Lipinski definition) is 0. The molecule has 0 bridgehead atoms. The van der Waals surface area contributed by atoms with Gasteiger partial charge in [0.15, 0.2) is 0 Å². The molecule has 0 atom stereocenters. The van der Waals surface area contributed by atoms with Gasteiger partial charge in [-0.25, -0.2) is 0 Å². The van der Waals surface area contributed by atoms with E-state index in [1.807, 2.05) is 0 Å². The Balaban J connectivity index is 0. The third-order valence-corrected chi connectivity index (χ3v) is 0. The molecule has 0 unspecified atom stereocenters. The fourth-order valence-electron chi connectivity index (χ4n) is 0. The summed E-state index contributed by atoms with van der Waals surface area (Å²) in [4.78, 5) is 0. The Kier molecular flexibility index (Phi) is 21.0. The SMILES string of the molecule is [Fe].[Fe][Se][Fe]. The molecule has 0 saturated carbocycles. The molecular formula is Fe3Se. The van der Waals surface area contributed by atoms with E-state index in [-0.39, 0.29) is 17.1 Å². The van der Waals surface area contributed by atoms with Crippen molar-refractivity contribution in [1.29, 1.82) is 0 Å². The van der Waals surface area contributed by atoms with Gasteiger partial charge in [-0.1, -0.05) is 0 Å². The van der Waals surface area contributed by atoms with Crippen molar-refractivity contribution in [3.63, 3.8) is 0 Å². The van der Waals surface area contributed by atoms with E-state index in [9.17, 15) is 0 Å². The van der Waals surface area contributed by atoms with Crippen LogP contribution in [0.2, 0.25) is 0 Å².